The van der Waals surface area contributed by atoms with E-state index in [0.29, 0.717) is 10.7 Å². The van der Waals surface area contributed by atoms with Gasteiger partial charge in [-0.15, -0.1) is 0 Å². The Kier molecular flexibility index (Phi) is 8.26. The molecule has 6 heteroatoms. The van der Waals surface area contributed by atoms with Crippen LogP contribution < -0.4 is 15.4 Å². The highest BCUT2D eigenvalue weighted by molar-refractivity contribution is 7.80. The first-order chi connectivity index (χ1) is 13.4. The van der Waals surface area contributed by atoms with Crippen LogP contribution in [-0.2, 0) is 11.2 Å². The van der Waals surface area contributed by atoms with Crippen LogP contribution in [0.25, 0.3) is 0 Å². The van der Waals surface area contributed by atoms with Crippen LogP contribution >= 0.6 is 12.2 Å². The molecule has 0 saturated heterocycles. The summed E-state index contributed by atoms with van der Waals surface area (Å²) in [4.78, 5) is 11.7. The highest BCUT2D eigenvalue weighted by atomic mass is 32.1. The predicted molar refractivity (Wildman–Crippen MR) is 117 cm³/mol. The molecule has 0 unspecified atom stereocenters. The molecule has 0 amide bonds. The molecule has 2 N–H and O–H groups in total. The molecule has 0 saturated carbocycles. The Morgan fingerprint density at radius 2 is 1.96 bits per heavy atom. The second-order valence-electron chi connectivity index (χ2n) is 6.82. The van der Waals surface area contributed by atoms with Gasteiger partial charge in [0.1, 0.15) is 5.75 Å². The Hall–Kier alpha value is -2.60. The highest BCUT2D eigenvalue weighted by Crippen LogP contribution is 2.18. The molecule has 28 heavy (non-hydrogen) atoms. The second kappa shape index (κ2) is 10.7. The minimum Gasteiger partial charge on any atom is -0.491 e. The number of esters is 1. The summed E-state index contributed by atoms with van der Waals surface area (Å²) in [5.41, 5.74) is 3.51. The number of hydrogen-bond acceptors (Lipinski definition) is 4. The molecule has 0 radical (unpaired) electrons. The van der Waals surface area contributed by atoms with Gasteiger partial charge >= 0.3 is 5.97 Å². The molecule has 0 spiro atoms. The van der Waals surface area contributed by atoms with Crippen molar-refractivity contribution < 1.29 is 14.3 Å². The van der Waals surface area contributed by atoms with Crippen molar-refractivity contribution in [2.45, 2.75) is 39.7 Å². The van der Waals surface area contributed by atoms with Crippen LogP contribution in [-0.4, -0.2) is 30.8 Å². The van der Waals surface area contributed by atoms with E-state index in [1.807, 2.05) is 39.0 Å². The van der Waals surface area contributed by atoms with Gasteiger partial charge in [0.15, 0.2) is 5.11 Å². The summed E-state index contributed by atoms with van der Waals surface area (Å²) in [6.45, 7) is 6.75. The van der Waals surface area contributed by atoms with E-state index in [4.69, 9.17) is 21.7 Å². The lowest BCUT2D eigenvalue weighted by atomic mass is 10.1. The van der Waals surface area contributed by atoms with Crippen LogP contribution in [0.5, 0.6) is 5.75 Å². The van der Waals surface area contributed by atoms with Crippen molar-refractivity contribution in [2.24, 2.45) is 0 Å². The first-order valence-corrected chi connectivity index (χ1v) is 9.79. The van der Waals surface area contributed by atoms with Crippen LogP contribution in [0.4, 0.5) is 5.69 Å². The third-order valence-corrected chi connectivity index (χ3v) is 4.35. The number of hydrogen-bond donors (Lipinski definition) is 2. The lowest BCUT2D eigenvalue weighted by molar-refractivity contribution is 0.0601. The molecule has 2 aromatic rings. The van der Waals surface area contributed by atoms with Crippen LogP contribution in [0.15, 0.2) is 42.5 Å². The van der Waals surface area contributed by atoms with Crippen molar-refractivity contribution in [3.05, 3.63) is 59.2 Å². The van der Waals surface area contributed by atoms with E-state index in [1.165, 1.54) is 12.7 Å². The summed E-state index contributed by atoms with van der Waals surface area (Å²) < 4.78 is 10.5. The Labute approximate surface area is 172 Å². The summed E-state index contributed by atoms with van der Waals surface area (Å²) in [6, 6.07) is 13.5. The summed E-state index contributed by atoms with van der Waals surface area (Å²) in [5, 5.41) is 6.89. The number of carbonyl (C=O) groups is 1. The Bertz CT molecular complexity index is 821. The standard InChI is InChI=1S/C22H28N2O3S/c1-15(2)27-19-9-5-7-17(13-19)8-6-12-23-22(28)24-20-14-18(21(25)26-4)11-10-16(20)3/h5,7,9-11,13-15H,6,8,12H2,1-4H3,(H2,23,24,28). The minimum absolute atomic E-state index is 0.168. The quantitative estimate of drug-likeness (QED) is 0.387. The first-order valence-electron chi connectivity index (χ1n) is 9.38. The van der Waals surface area contributed by atoms with Gasteiger partial charge in [-0.3, -0.25) is 0 Å². The van der Waals surface area contributed by atoms with Crippen LogP contribution in [0.3, 0.4) is 0 Å². The molecular formula is C22H28N2O3S. The van der Waals surface area contributed by atoms with Crippen LogP contribution in [0.1, 0.15) is 41.8 Å². The smallest absolute Gasteiger partial charge is 0.337 e. The molecule has 2 aromatic carbocycles. The number of aryl methyl sites for hydroxylation is 2. The number of carbonyl (C=O) groups excluding carboxylic acids is 1. The van der Waals surface area contributed by atoms with E-state index in [2.05, 4.69) is 22.8 Å². The lowest BCUT2D eigenvalue weighted by Gasteiger charge is -2.14. The average molecular weight is 401 g/mol. The summed E-state index contributed by atoms with van der Waals surface area (Å²) >= 11 is 5.37. The molecule has 0 atom stereocenters. The molecule has 150 valence electrons. The molecule has 0 bridgehead atoms. The molecule has 0 aliphatic carbocycles. The third kappa shape index (κ3) is 6.85. The van der Waals surface area contributed by atoms with Gasteiger partial charge in [0.25, 0.3) is 0 Å². The van der Waals surface area contributed by atoms with Gasteiger partial charge in [-0.1, -0.05) is 18.2 Å². The van der Waals surface area contributed by atoms with E-state index in [-0.39, 0.29) is 12.1 Å². The van der Waals surface area contributed by atoms with Gasteiger partial charge in [-0.05, 0) is 81.2 Å². The molecule has 5 nitrogen and oxygen atoms in total. The van der Waals surface area contributed by atoms with Crippen molar-refractivity contribution in [1.29, 1.82) is 0 Å². The molecule has 0 aliphatic rings. The fourth-order valence-electron chi connectivity index (χ4n) is 2.71. The maximum absolute atomic E-state index is 11.7. The molecule has 0 aliphatic heterocycles. The normalized spacial score (nSPS) is 10.5. The number of benzene rings is 2. The maximum atomic E-state index is 11.7. The third-order valence-electron chi connectivity index (χ3n) is 4.10. The van der Waals surface area contributed by atoms with E-state index in [9.17, 15) is 4.79 Å². The highest BCUT2D eigenvalue weighted by Gasteiger charge is 2.09. The lowest BCUT2D eigenvalue weighted by Crippen LogP contribution is -2.29. The summed E-state index contributed by atoms with van der Waals surface area (Å²) in [5.74, 6) is 0.532. The van der Waals surface area contributed by atoms with E-state index in [1.54, 1.807) is 12.1 Å². The SMILES string of the molecule is COC(=O)c1ccc(C)c(NC(=S)NCCCc2cccc(OC(C)C)c2)c1. The zero-order valence-corrected chi connectivity index (χ0v) is 17.7. The molecule has 0 fully saturated rings. The number of methoxy groups -OCH3 is 1. The number of ether oxygens (including phenoxy) is 2. The van der Waals surface area contributed by atoms with Crippen LogP contribution in [0.2, 0.25) is 0 Å². The van der Waals surface area contributed by atoms with Gasteiger partial charge in [0, 0.05) is 12.2 Å². The van der Waals surface area contributed by atoms with Crippen molar-refractivity contribution in [1.82, 2.24) is 5.32 Å². The van der Waals surface area contributed by atoms with E-state index < -0.39 is 0 Å². The molecule has 0 aromatic heterocycles. The van der Waals surface area contributed by atoms with E-state index >= 15 is 0 Å². The minimum atomic E-state index is -0.370. The second-order valence-corrected chi connectivity index (χ2v) is 7.23. The molecular weight excluding hydrogens is 372 g/mol. The van der Waals surface area contributed by atoms with Crippen molar-refractivity contribution >= 4 is 29.0 Å². The molecule has 2 rings (SSSR count). The largest absolute Gasteiger partial charge is 0.491 e. The summed E-state index contributed by atoms with van der Waals surface area (Å²) in [6.07, 6.45) is 2.04. The summed E-state index contributed by atoms with van der Waals surface area (Å²) in [7, 11) is 1.37. The number of anilines is 1. The monoisotopic (exact) mass is 400 g/mol. The average Bonchev–Trinajstić information content (AvgIpc) is 2.66. The van der Waals surface area contributed by atoms with Gasteiger partial charge in [0.05, 0.1) is 18.8 Å². The fourth-order valence-corrected chi connectivity index (χ4v) is 2.92. The Balaban J connectivity index is 1.81. The van der Waals surface area contributed by atoms with Crippen molar-refractivity contribution in [2.75, 3.05) is 19.0 Å². The Morgan fingerprint density at radius 3 is 2.68 bits per heavy atom. The fraction of sp³-hybridized carbons (Fsp3) is 0.364. The number of rotatable bonds is 8. The number of thiocarbonyl (C=S) groups is 1. The van der Waals surface area contributed by atoms with Gasteiger partial charge in [-0.25, -0.2) is 4.79 Å². The van der Waals surface area contributed by atoms with E-state index in [0.717, 1.165) is 36.4 Å². The van der Waals surface area contributed by atoms with Gasteiger partial charge < -0.3 is 20.1 Å². The Morgan fingerprint density at radius 1 is 1.18 bits per heavy atom. The van der Waals surface area contributed by atoms with Crippen LogP contribution in [0, 0.1) is 6.92 Å². The maximum Gasteiger partial charge on any atom is 0.337 e. The zero-order chi connectivity index (χ0) is 20.5. The topological polar surface area (TPSA) is 59.6 Å². The number of nitrogens with one attached hydrogen (secondary N) is 2. The van der Waals surface area contributed by atoms with Crippen molar-refractivity contribution in [3.63, 3.8) is 0 Å². The van der Waals surface area contributed by atoms with Gasteiger partial charge in [0.2, 0.25) is 0 Å². The predicted octanol–water partition coefficient (Wildman–Crippen LogP) is 4.49. The van der Waals surface area contributed by atoms with Crippen molar-refractivity contribution in [3.8, 4) is 5.75 Å². The first kappa shape index (κ1) is 21.7. The molecule has 0 heterocycles. The van der Waals surface area contributed by atoms with Gasteiger partial charge in [-0.2, -0.15) is 0 Å². The zero-order valence-electron chi connectivity index (χ0n) is 16.9.